The highest BCUT2D eigenvalue weighted by molar-refractivity contribution is 5.43. The van der Waals surface area contributed by atoms with Crippen LogP contribution in [0, 0.1) is 5.92 Å². The number of anilines is 1. The number of nitrogens with zero attached hydrogens (tertiary/aromatic N) is 3. The summed E-state index contributed by atoms with van der Waals surface area (Å²) in [4.78, 5) is 14.5. The van der Waals surface area contributed by atoms with Crippen molar-refractivity contribution < 1.29 is 0 Å². The highest BCUT2D eigenvalue weighted by Gasteiger charge is 2.19. The molecule has 0 spiro atoms. The van der Waals surface area contributed by atoms with Crippen LogP contribution >= 0.6 is 0 Å². The van der Waals surface area contributed by atoms with E-state index in [4.69, 9.17) is 0 Å². The van der Waals surface area contributed by atoms with Crippen LogP contribution in [0.15, 0.2) is 17.1 Å². The summed E-state index contributed by atoms with van der Waals surface area (Å²) in [6.45, 7) is 6.10. The predicted molar refractivity (Wildman–Crippen MR) is 80.1 cm³/mol. The van der Waals surface area contributed by atoms with E-state index in [2.05, 4.69) is 22.2 Å². The molecular weight excluding hydrogens is 252 g/mol. The van der Waals surface area contributed by atoms with Crippen molar-refractivity contribution in [3.05, 3.63) is 22.6 Å². The summed E-state index contributed by atoms with van der Waals surface area (Å²) in [6, 6.07) is 2.15. The Morgan fingerprint density at radius 2 is 2.30 bits per heavy atom. The third kappa shape index (κ3) is 3.03. The summed E-state index contributed by atoms with van der Waals surface area (Å²) in [5.74, 6) is 0.703. The van der Waals surface area contributed by atoms with Crippen molar-refractivity contribution in [2.45, 2.75) is 45.2 Å². The molecule has 1 N–H and O–H groups in total. The Labute approximate surface area is 120 Å². The van der Waals surface area contributed by atoms with Crippen molar-refractivity contribution in [1.82, 2.24) is 15.1 Å². The van der Waals surface area contributed by atoms with Gasteiger partial charge in [-0.25, -0.2) is 4.68 Å². The second kappa shape index (κ2) is 5.95. The number of aromatic nitrogens is 2. The van der Waals surface area contributed by atoms with Crippen LogP contribution in [0.2, 0.25) is 0 Å². The lowest BCUT2D eigenvalue weighted by atomic mass is 10.00. The van der Waals surface area contributed by atoms with Crippen LogP contribution in [-0.2, 0) is 6.54 Å². The lowest BCUT2D eigenvalue weighted by Crippen LogP contribution is -2.37. The number of rotatable bonds is 3. The van der Waals surface area contributed by atoms with Crippen molar-refractivity contribution in [1.29, 1.82) is 0 Å². The van der Waals surface area contributed by atoms with Crippen LogP contribution in [-0.4, -0.2) is 35.5 Å². The SMILES string of the molecule is CC1CCCN(c2cnn(C[C@H]3CCCN3)c(=O)c2)C1. The third-order valence-electron chi connectivity index (χ3n) is 4.43. The Hall–Kier alpha value is -1.36. The summed E-state index contributed by atoms with van der Waals surface area (Å²) in [7, 11) is 0. The van der Waals surface area contributed by atoms with Gasteiger partial charge in [0.05, 0.1) is 18.4 Å². The maximum atomic E-state index is 12.2. The zero-order valence-corrected chi connectivity index (χ0v) is 12.2. The van der Waals surface area contributed by atoms with Gasteiger partial charge in [0.25, 0.3) is 5.56 Å². The lowest BCUT2D eigenvalue weighted by Gasteiger charge is -2.32. The zero-order valence-electron chi connectivity index (χ0n) is 12.2. The van der Waals surface area contributed by atoms with Gasteiger partial charge in [-0.1, -0.05) is 6.92 Å². The first-order valence-corrected chi connectivity index (χ1v) is 7.78. The predicted octanol–water partition coefficient (Wildman–Crippen LogP) is 1.23. The van der Waals surface area contributed by atoms with Gasteiger partial charge in [0.15, 0.2) is 0 Å². The molecule has 2 fully saturated rings. The maximum Gasteiger partial charge on any atom is 0.268 e. The second-order valence-electron chi connectivity index (χ2n) is 6.22. The fraction of sp³-hybridized carbons (Fsp3) is 0.733. The molecule has 2 aliphatic rings. The van der Waals surface area contributed by atoms with Gasteiger partial charge in [0.2, 0.25) is 0 Å². The Balaban J connectivity index is 1.71. The fourth-order valence-electron chi connectivity index (χ4n) is 3.28. The highest BCUT2D eigenvalue weighted by atomic mass is 16.1. The molecule has 3 heterocycles. The molecule has 1 aromatic heterocycles. The van der Waals surface area contributed by atoms with Gasteiger partial charge in [0, 0.05) is 25.2 Å². The standard InChI is InChI=1S/C15H24N4O/c1-12-4-3-7-18(10-12)14-8-15(20)19(17-9-14)11-13-5-2-6-16-13/h8-9,12-13,16H,2-7,10-11H2,1H3/t12?,13-/m1/s1. The van der Waals surface area contributed by atoms with Crippen molar-refractivity contribution in [2.75, 3.05) is 24.5 Å². The van der Waals surface area contributed by atoms with E-state index in [0.29, 0.717) is 18.5 Å². The van der Waals surface area contributed by atoms with E-state index in [1.54, 1.807) is 10.7 Å². The van der Waals surface area contributed by atoms with E-state index in [1.165, 1.54) is 19.3 Å². The minimum absolute atomic E-state index is 0.0226. The number of piperidine rings is 1. The molecule has 0 bridgehead atoms. The highest BCUT2D eigenvalue weighted by Crippen LogP contribution is 2.20. The summed E-state index contributed by atoms with van der Waals surface area (Å²) in [5.41, 5.74) is 1.01. The van der Waals surface area contributed by atoms with Crippen molar-refractivity contribution in [2.24, 2.45) is 5.92 Å². The Kier molecular flexibility index (Phi) is 4.05. The van der Waals surface area contributed by atoms with Crippen LogP contribution in [0.4, 0.5) is 5.69 Å². The van der Waals surface area contributed by atoms with Crippen LogP contribution < -0.4 is 15.8 Å². The molecule has 2 atom stereocenters. The summed E-state index contributed by atoms with van der Waals surface area (Å²) in [6.07, 6.45) is 6.68. The smallest absolute Gasteiger partial charge is 0.268 e. The van der Waals surface area contributed by atoms with Gasteiger partial charge >= 0.3 is 0 Å². The topological polar surface area (TPSA) is 50.2 Å². The van der Waals surface area contributed by atoms with Crippen molar-refractivity contribution in [3.8, 4) is 0 Å². The van der Waals surface area contributed by atoms with Gasteiger partial charge < -0.3 is 10.2 Å². The minimum Gasteiger partial charge on any atom is -0.370 e. The normalized spacial score (nSPS) is 26.9. The molecule has 20 heavy (non-hydrogen) atoms. The first-order valence-electron chi connectivity index (χ1n) is 7.78. The van der Waals surface area contributed by atoms with Gasteiger partial charge in [-0.2, -0.15) is 5.10 Å². The average molecular weight is 276 g/mol. The number of hydrogen-bond donors (Lipinski definition) is 1. The monoisotopic (exact) mass is 276 g/mol. The fourth-order valence-corrected chi connectivity index (χ4v) is 3.28. The molecule has 0 radical (unpaired) electrons. The van der Waals surface area contributed by atoms with E-state index < -0.39 is 0 Å². The van der Waals surface area contributed by atoms with Crippen LogP contribution in [0.5, 0.6) is 0 Å². The first-order chi connectivity index (χ1) is 9.72. The molecule has 5 heteroatoms. The number of nitrogens with one attached hydrogen (secondary N) is 1. The van der Waals surface area contributed by atoms with E-state index in [1.807, 2.05) is 6.20 Å². The molecule has 1 aromatic rings. The van der Waals surface area contributed by atoms with Crippen LogP contribution in [0.3, 0.4) is 0 Å². The quantitative estimate of drug-likeness (QED) is 0.902. The number of hydrogen-bond acceptors (Lipinski definition) is 4. The molecule has 2 aliphatic heterocycles. The van der Waals surface area contributed by atoms with Gasteiger partial charge in [-0.3, -0.25) is 4.79 Å². The molecule has 0 aliphatic carbocycles. The van der Waals surface area contributed by atoms with E-state index in [-0.39, 0.29) is 5.56 Å². The first kappa shape index (κ1) is 13.6. The molecular formula is C15H24N4O. The Morgan fingerprint density at radius 3 is 3.00 bits per heavy atom. The van der Waals surface area contributed by atoms with E-state index >= 15 is 0 Å². The Morgan fingerprint density at radius 1 is 1.40 bits per heavy atom. The molecule has 1 unspecified atom stereocenters. The van der Waals surface area contributed by atoms with Crippen LogP contribution in [0.1, 0.15) is 32.6 Å². The van der Waals surface area contributed by atoms with E-state index in [0.717, 1.165) is 31.7 Å². The molecule has 5 nitrogen and oxygen atoms in total. The minimum atomic E-state index is 0.0226. The molecule has 0 saturated carbocycles. The summed E-state index contributed by atoms with van der Waals surface area (Å²) >= 11 is 0. The summed E-state index contributed by atoms with van der Waals surface area (Å²) in [5, 5.41) is 7.77. The van der Waals surface area contributed by atoms with Gasteiger partial charge in [0.1, 0.15) is 0 Å². The summed E-state index contributed by atoms with van der Waals surface area (Å²) < 4.78 is 1.60. The lowest BCUT2D eigenvalue weighted by molar-refractivity contribution is 0.441. The van der Waals surface area contributed by atoms with E-state index in [9.17, 15) is 4.79 Å². The molecule has 0 aromatic carbocycles. The maximum absolute atomic E-state index is 12.2. The average Bonchev–Trinajstić information content (AvgIpc) is 2.94. The molecule has 2 saturated heterocycles. The van der Waals surface area contributed by atoms with Gasteiger partial charge in [-0.05, 0) is 38.1 Å². The van der Waals surface area contributed by atoms with Crippen LogP contribution in [0.25, 0.3) is 0 Å². The van der Waals surface area contributed by atoms with Crippen molar-refractivity contribution >= 4 is 5.69 Å². The molecule has 3 rings (SSSR count). The molecule has 0 amide bonds. The zero-order chi connectivity index (χ0) is 13.9. The Bertz CT molecular complexity index is 507. The van der Waals surface area contributed by atoms with Crippen molar-refractivity contribution in [3.63, 3.8) is 0 Å². The largest absolute Gasteiger partial charge is 0.370 e. The van der Waals surface area contributed by atoms with Gasteiger partial charge in [-0.15, -0.1) is 0 Å². The second-order valence-corrected chi connectivity index (χ2v) is 6.22. The molecule has 110 valence electrons. The third-order valence-corrected chi connectivity index (χ3v) is 4.43.